The molecule has 0 fully saturated rings. The van der Waals surface area contributed by atoms with E-state index in [1.54, 1.807) is 6.20 Å². The second kappa shape index (κ2) is 4.21. The second-order valence-electron chi connectivity index (χ2n) is 3.17. The summed E-state index contributed by atoms with van der Waals surface area (Å²) in [4.78, 5) is 0. The predicted molar refractivity (Wildman–Crippen MR) is 47.6 cm³/mol. The van der Waals surface area contributed by atoms with E-state index in [1.807, 2.05) is 0 Å². The number of hydrogen-bond donors (Lipinski definition) is 2. The van der Waals surface area contributed by atoms with Crippen LogP contribution in [0.25, 0.3) is 0 Å². The normalized spacial score (nSPS) is 13.7. The largest absolute Gasteiger partial charge is 0.309 e. The molecule has 0 radical (unpaired) electrons. The fourth-order valence-corrected chi connectivity index (χ4v) is 1.26. The number of nitrogens with zero attached hydrogens (tertiary/aromatic N) is 2. The first-order valence-electron chi connectivity index (χ1n) is 4.34. The quantitative estimate of drug-likeness (QED) is 0.708. The summed E-state index contributed by atoms with van der Waals surface area (Å²) in [5.74, 6) is 0.537. The van der Waals surface area contributed by atoms with Crippen molar-refractivity contribution >= 4 is 0 Å². The number of aromatic amines is 1. The van der Waals surface area contributed by atoms with E-state index in [1.165, 1.54) is 0 Å². The molecule has 12 heavy (non-hydrogen) atoms. The lowest BCUT2D eigenvalue weighted by Gasteiger charge is -2.18. The SMILES string of the molecule is CCNC(c1cn[nH]n1)C(C)C. The summed E-state index contributed by atoms with van der Waals surface area (Å²) in [7, 11) is 0. The van der Waals surface area contributed by atoms with Crippen molar-refractivity contribution in [1.82, 2.24) is 20.7 Å². The van der Waals surface area contributed by atoms with Crippen molar-refractivity contribution in [2.24, 2.45) is 5.92 Å². The van der Waals surface area contributed by atoms with Crippen molar-refractivity contribution < 1.29 is 0 Å². The molecule has 0 amide bonds. The van der Waals surface area contributed by atoms with Crippen LogP contribution in [-0.2, 0) is 0 Å². The van der Waals surface area contributed by atoms with E-state index in [-0.39, 0.29) is 0 Å². The maximum absolute atomic E-state index is 4.06. The van der Waals surface area contributed by atoms with Crippen LogP contribution < -0.4 is 5.32 Å². The van der Waals surface area contributed by atoms with Crippen molar-refractivity contribution in [3.05, 3.63) is 11.9 Å². The first-order valence-corrected chi connectivity index (χ1v) is 4.34. The van der Waals surface area contributed by atoms with Crippen LogP contribution in [0.4, 0.5) is 0 Å². The standard InChI is InChI=1S/C8H16N4/c1-4-9-8(6(2)3)7-5-10-12-11-7/h5-6,8-9H,4H2,1-3H3,(H,10,11,12). The lowest BCUT2D eigenvalue weighted by atomic mass is 10.0. The summed E-state index contributed by atoms with van der Waals surface area (Å²) >= 11 is 0. The van der Waals surface area contributed by atoms with Gasteiger partial charge in [-0.2, -0.15) is 15.4 Å². The topological polar surface area (TPSA) is 53.6 Å². The van der Waals surface area contributed by atoms with Crippen molar-refractivity contribution in [1.29, 1.82) is 0 Å². The molecule has 0 bridgehead atoms. The first-order chi connectivity index (χ1) is 5.75. The van der Waals surface area contributed by atoms with E-state index in [0.29, 0.717) is 12.0 Å². The molecular weight excluding hydrogens is 152 g/mol. The van der Waals surface area contributed by atoms with E-state index in [0.717, 1.165) is 12.2 Å². The Morgan fingerprint density at radius 2 is 2.33 bits per heavy atom. The number of aromatic nitrogens is 3. The van der Waals surface area contributed by atoms with E-state index in [4.69, 9.17) is 0 Å². The minimum absolute atomic E-state index is 0.314. The Morgan fingerprint density at radius 3 is 2.75 bits per heavy atom. The Balaban J connectivity index is 2.66. The van der Waals surface area contributed by atoms with Gasteiger partial charge >= 0.3 is 0 Å². The Kier molecular flexibility index (Phi) is 3.22. The van der Waals surface area contributed by atoms with Gasteiger partial charge in [0.1, 0.15) is 0 Å². The highest BCUT2D eigenvalue weighted by Crippen LogP contribution is 2.17. The summed E-state index contributed by atoms with van der Waals surface area (Å²) in [5.41, 5.74) is 0.992. The molecule has 2 N–H and O–H groups in total. The maximum atomic E-state index is 4.06. The third kappa shape index (κ3) is 2.04. The monoisotopic (exact) mass is 168 g/mol. The van der Waals surface area contributed by atoms with Crippen LogP contribution in [-0.4, -0.2) is 22.0 Å². The molecule has 1 heterocycles. The molecule has 0 aromatic carbocycles. The smallest absolute Gasteiger partial charge is 0.0996 e. The third-order valence-corrected chi connectivity index (χ3v) is 1.84. The molecule has 0 aliphatic heterocycles. The van der Waals surface area contributed by atoms with Crippen molar-refractivity contribution in [2.45, 2.75) is 26.8 Å². The van der Waals surface area contributed by atoms with Crippen molar-refractivity contribution in [3.63, 3.8) is 0 Å². The Labute approximate surface area is 72.8 Å². The van der Waals surface area contributed by atoms with Crippen molar-refractivity contribution in [2.75, 3.05) is 6.54 Å². The van der Waals surface area contributed by atoms with Gasteiger partial charge < -0.3 is 5.32 Å². The molecule has 0 aliphatic carbocycles. The van der Waals surface area contributed by atoms with Crippen LogP contribution in [0.15, 0.2) is 6.20 Å². The molecule has 0 saturated carbocycles. The van der Waals surface area contributed by atoms with Gasteiger partial charge in [-0.05, 0) is 12.5 Å². The summed E-state index contributed by atoms with van der Waals surface area (Å²) in [6, 6.07) is 0.314. The average Bonchev–Trinajstić information content (AvgIpc) is 2.51. The lowest BCUT2D eigenvalue weighted by molar-refractivity contribution is 0.412. The molecule has 1 aromatic heterocycles. The minimum Gasteiger partial charge on any atom is -0.309 e. The predicted octanol–water partition coefficient (Wildman–Crippen LogP) is 1.11. The number of rotatable bonds is 4. The summed E-state index contributed by atoms with van der Waals surface area (Å²) in [6.45, 7) is 7.38. The highest BCUT2D eigenvalue weighted by Gasteiger charge is 2.16. The molecular formula is C8H16N4. The van der Waals surface area contributed by atoms with Crippen LogP contribution in [0.3, 0.4) is 0 Å². The molecule has 1 rings (SSSR count). The fourth-order valence-electron chi connectivity index (χ4n) is 1.26. The zero-order chi connectivity index (χ0) is 8.97. The molecule has 0 spiro atoms. The molecule has 68 valence electrons. The molecule has 0 saturated heterocycles. The molecule has 1 atom stereocenters. The second-order valence-corrected chi connectivity index (χ2v) is 3.17. The van der Waals surface area contributed by atoms with E-state index in [9.17, 15) is 0 Å². The Bertz CT molecular complexity index is 205. The van der Waals surface area contributed by atoms with Crippen LogP contribution >= 0.6 is 0 Å². The number of nitrogens with one attached hydrogen (secondary N) is 2. The molecule has 1 unspecified atom stereocenters. The molecule has 0 aliphatic rings. The number of H-pyrrole nitrogens is 1. The zero-order valence-corrected chi connectivity index (χ0v) is 7.83. The molecule has 1 aromatic rings. The minimum atomic E-state index is 0.314. The van der Waals surface area contributed by atoms with Gasteiger partial charge in [-0.3, -0.25) is 0 Å². The maximum Gasteiger partial charge on any atom is 0.0996 e. The van der Waals surface area contributed by atoms with Gasteiger partial charge in [-0.25, -0.2) is 0 Å². The van der Waals surface area contributed by atoms with Crippen LogP contribution in [0, 0.1) is 5.92 Å². The lowest BCUT2D eigenvalue weighted by Crippen LogP contribution is -2.25. The van der Waals surface area contributed by atoms with E-state index < -0.39 is 0 Å². The van der Waals surface area contributed by atoms with Crippen molar-refractivity contribution in [3.8, 4) is 0 Å². The first kappa shape index (κ1) is 9.19. The van der Waals surface area contributed by atoms with Crippen LogP contribution in [0.1, 0.15) is 32.5 Å². The van der Waals surface area contributed by atoms with Crippen LogP contribution in [0.2, 0.25) is 0 Å². The van der Waals surface area contributed by atoms with Gasteiger partial charge in [-0.1, -0.05) is 20.8 Å². The van der Waals surface area contributed by atoms with Crippen LogP contribution in [0.5, 0.6) is 0 Å². The summed E-state index contributed by atoms with van der Waals surface area (Å²) in [6.07, 6.45) is 1.77. The molecule has 4 heteroatoms. The van der Waals surface area contributed by atoms with Gasteiger partial charge in [0.25, 0.3) is 0 Å². The van der Waals surface area contributed by atoms with Gasteiger partial charge in [0.2, 0.25) is 0 Å². The zero-order valence-electron chi connectivity index (χ0n) is 7.83. The van der Waals surface area contributed by atoms with Gasteiger partial charge in [0.15, 0.2) is 0 Å². The highest BCUT2D eigenvalue weighted by molar-refractivity contribution is 5.00. The third-order valence-electron chi connectivity index (χ3n) is 1.84. The fraction of sp³-hybridized carbons (Fsp3) is 0.750. The van der Waals surface area contributed by atoms with E-state index in [2.05, 4.69) is 41.5 Å². The number of hydrogen-bond acceptors (Lipinski definition) is 3. The van der Waals surface area contributed by atoms with Gasteiger partial charge in [0.05, 0.1) is 17.9 Å². The van der Waals surface area contributed by atoms with Gasteiger partial charge in [-0.15, -0.1) is 0 Å². The summed E-state index contributed by atoms with van der Waals surface area (Å²) < 4.78 is 0. The Morgan fingerprint density at radius 1 is 1.58 bits per heavy atom. The Hall–Kier alpha value is -0.900. The molecule has 4 nitrogen and oxygen atoms in total. The van der Waals surface area contributed by atoms with Gasteiger partial charge in [0, 0.05) is 0 Å². The highest BCUT2D eigenvalue weighted by atomic mass is 15.3. The average molecular weight is 168 g/mol. The van der Waals surface area contributed by atoms with E-state index >= 15 is 0 Å². The summed E-state index contributed by atoms with van der Waals surface area (Å²) in [5, 5.41) is 13.8.